The van der Waals surface area contributed by atoms with Gasteiger partial charge in [-0.15, -0.1) is 0 Å². The fourth-order valence-corrected chi connectivity index (χ4v) is 2.74. The Hall–Kier alpha value is -2.89. The van der Waals surface area contributed by atoms with E-state index in [2.05, 4.69) is 15.3 Å². The van der Waals surface area contributed by atoms with Crippen LogP contribution < -0.4 is 10.9 Å². The molecule has 124 valence electrons. The van der Waals surface area contributed by atoms with E-state index in [9.17, 15) is 9.59 Å². The molecule has 1 amide bonds. The maximum Gasteiger partial charge on any atom is 0.263 e. The van der Waals surface area contributed by atoms with E-state index < -0.39 is 6.04 Å². The van der Waals surface area contributed by atoms with Crippen LogP contribution in [0, 0.1) is 20.8 Å². The molecule has 0 saturated heterocycles. The van der Waals surface area contributed by atoms with Gasteiger partial charge in [0.15, 0.2) is 0 Å². The van der Waals surface area contributed by atoms with E-state index in [1.807, 2.05) is 39.0 Å². The van der Waals surface area contributed by atoms with E-state index in [0.29, 0.717) is 11.0 Å². The zero-order valence-corrected chi connectivity index (χ0v) is 14.2. The number of aryl methyl sites for hydroxylation is 3. The minimum Gasteiger partial charge on any atom is -0.343 e. The third kappa shape index (κ3) is 2.82. The maximum atomic E-state index is 12.6. The number of aromatic amines is 1. The van der Waals surface area contributed by atoms with Crippen LogP contribution in [-0.4, -0.2) is 20.4 Å². The Kier molecular flexibility index (Phi) is 3.97. The fourth-order valence-electron chi connectivity index (χ4n) is 2.74. The van der Waals surface area contributed by atoms with Crippen molar-refractivity contribution in [1.29, 1.82) is 0 Å². The van der Waals surface area contributed by atoms with E-state index >= 15 is 0 Å². The summed E-state index contributed by atoms with van der Waals surface area (Å²) in [5.41, 5.74) is 4.03. The molecule has 1 unspecified atom stereocenters. The van der Waals surface area contributed by atoms with Crippen molar-refractivity contribution in [3.8, 4) is 0 Å². The van der Waals surface area contributed by atoms with Gasteiger partial charge in [-0.3, -0.25) is 14.2 Å². The first-order valence-electron chi connectivity index (χ1n) is 7.81. The van der Waals surface area contributed by atoms with Crippen molar-refractivity contribution in [3.05, 3.63) is 57.8 Å². The lowest BCUT2D eigenvalue weighted by atomic mass is 10.1. The Labute approximate surface area is 139 Å². The smallest absolute Gasteiger partial charge is 0.263 e. The number of nitrogens with one attached hydrogen (secondary N) is 2. The van der Waals surface area contributed by atoms with E-state index in [0.717, 1.165) is 22.5 Å². The lowest BCUT2D eigenvalue weighted by molar-refractivity contribution is -0.118. The second kappa shape index (κ2) is 5.96. The zero-order chi connectivity index (χ0) is 17.4. The van der Waals surface area contributed by atoms with Crippen LogP contribution in [0.2, 0.25) is 0 Å². The molecule has 3 aromatic rings. The summed E-state index contributed by atoms with van der Waals surface area (Å²) in [4.78, 5) is 32.4. The van der Waals surface area contributed by atoms with Crippen molar-refractivity contribution in [1.82, 2.24) is 14.5 Å². The number of nitrogens with zero attached hydrogens (tertiary/aromatic N) is 2. The van der Waals surface area contributed by atoms with Crippen molar-refractivity contribution >= 4 is 22.6 Å². The normalized spacial score (nSPS) is 12.3. The van der Waals surface area contributed by atoms with Gasteiger partial charge in [-0.2, -0.15) is 0 Å². The first kappa shape index (κ1) is 16.0. The molecule has 0 aliphatic rings. The van der Waals surface area contributed by atoms with E-state index in [1.165, 1.54) is 10.9 Å². The van der Waals surface area contributed by atoms with Gasteiger partial charge in [0.25, 0.3) is 5.56 Å². The number of fused-ring (bicyclic) bond motifs is 1. The number of rotatable bonds is 3. The van der Waals surface area contributed by atoms with E-state index in [1.54, 1.807) is 13.0 Å². The number of anilines is 1. The van der Waals surface area contributed by atoms with Crippen molar-refractivity contribution in [3.63, 3.8) is 0 Å². The number of hydrogen-bond acceptors (Lipinski definition) is 3. The zero-order valence-electron chi connectivity index (χ0n) is 14.2. The van der Waals surface area contributed by atoms with Crippen LogP contribution in [0.15, 0.2) is 35.4 Å². The molecule has 0 fully saturated rings. The highest BCUT2D eigenvalue weighted by Gasteiger charge is 2.19. The number of H-pyrrole nitrogens is 1. The summed E-state index contributed by atoms with van der Waals surface area (Å²) in [5, 5.41) is 3.37. The van der Waals surface area contributed by atoms with Crippen molar-refractivity contribution in [2.75, 3.05) is 5.32 Å². The predicted molar refractivity (Wildman–Crippen MR) is 94.3 cm³/mol. The van der Waals surface area contributed by atoms with Gasteiger partial charge in [0.1, 0.15) is 18.0 Å². The molecule has 1 atom stereocenters. The Morgan fingerprint density at radius 3 is 2.71 bits per heavy atom. The van der Waals surface area contributed by atoms with E-state index in [4.69, 9.17) is 0 Å². The van der Waals surface area contributed by atoms with Crippen LogP contribution in [0.4, 0.5) is 5.69 Å². The van der Waals surface area contributed by atoms with E-state index in [-0.39, 0.29) is 11.5 Å². The number of amides is 1. The van der Waals surface area contributed by atoms with Crippen LogP contribution in [0.25, 0.3) is 11.0 Å². The number of carbonyl (C=O) groups is 1. The molecule has 0 saturated carbocycles. The number of carbonyl (C=O) groups excluding carboxylic acids is 1. The van der Waals surface area contributed by atoms with Crippen molar-refractivity contribution in [2.24, 2.45) is 0 Å². The van der Waals surface area contributed by atoms with Gasteiger partial charge in [0.2, 0.25) is 5.91 Å². The number of benzene rings is 1. The highest BCUT2D eigenvalue weighted by atomic mass is 16.2. The average molecular weight is 324 g/mol. The topological polar surface area (TPSA) is 79.8 Å². The standard InChI is InChI=1S/C18H20N4O2/c1-10-5-6-15(11(2)7-10)21-17(23)13(4)22-9-19-16-14(18(22)24)8-12(3)20-16/h5-9,13,20H,1-4H3,(H,21,23). The molecule has 2 heterocycles. The summed E-state index contributed by atoms with van der Waals surface area (Å²) >= 11 is 0. The highest BCUT2D eigenvalue weighted by molar-refractivity contribution is 5.94. The first-order valence-corrected chi connectivity index (χ1v) is 7.81. The molecule has 2 aromatic heterocycles. The summed E-state index contributed by atoms with van der Waals surface area (Å²) in [6, 6.07) is 6.90. The van der Waals surface area contributed by atoms with Gasteiger partial charge in [0.05, 0.1) is 5.39 Å². The molecule has 6 nitrogen and oxygen atoms in total. The fraction of sp³-hybridized carbons (Fsp3) is 0.278. The third-order valence-electron chi connectivity index (χ3n) is 4.14. The summed E-state index contributed by atoms with van der Waals surface area (Å²) in [6.07, 6.45) is 1.41. The molecule has 0 spiro atoms. The van der Waals surface area contributed by atoms with Gasteiger partial charge in [0, 0.05) is 11.4 Å². The lowest BCUT2D eigenvalue weighted by Gasteiger charge is -2.16. The second-order valence-electron chi connectivity index (χ2n) is 6.16. The predicted octanol–water partition coefficient (Wildman–Crippen LogP) is 2.85. The quantitative estimate of drug-likeness (QED) is 0.777. The molecule has 0 bridgehead atoms. The largest absolute Gasteiger partial charge is 0.343 e. The molecular formula is C18H20N4O2. The maximum absolute atomic E-state index is 12.6. The number of aromatic nitrogens is 3. The van der Waals surface area contributed by atoms with Crippen LogP contribution in [0.1, 0.15) is 29.8 Å². The molecule has 2 N–H and O–H groups in total. The van der Waals surface area contributed by atoms with Crippen LogP contribution >= 0.6 is 0 Å². The molecule has 3 rings (SSSR count). The average Bonchev–Trinajstić information content (AvgIpc) is 2.91. The molecule has 6 heteroatoms. The van der Waals surface area contributed by atoms with Crippen LogP contribution in [0.3, 0.4) is 0 Å². The van der Waals surface area contributed by atoms with Gasteiger partial charge < -0.3 is 10.3 Å². The SMILES string of the molecule is Cc1ccc(NC(=O)C(C)n2cnc3[nH]c(C)cc3c2=O)c(C)c1. The number of hydrogen-bond donors (Lipinski definition) is 2. The Morgan fingerprint density at radius 2 is 2.00 bits per heavy atom. The van der Waals surface area contributed by atoms with Gasteiger partial charge >= 0.3 is 0 Å². The highest BCUT2D eigenvalue weighted by Crippen LogP contribution is 2.18. The summed E-state index contributed by atoms with van der Waals surface area (Å²) in [5.74, 6) is -0.252. The second-order valence-corrected chi connectivity index (χ2v) is 6.16. The van der Waals surface area contributed by atoms with Gasteiger partial charge in [-0.05, 0) is 45.4 Å². The molecule has 0 aliphatic heterocycles. The van der Waals surface area contributed by atoms with Crippen molar-refractivity contribution in [2.45, 2.75) is 33.7 Å². The van der Waals surface area contributed by atoms with Gasteiger partial charge in [-0.1, -0.05) is 17.7 Å². The Balaban J connectivity index is 1.90. The van der Waals surface area contributed by atoms with Crippen LogP contribution in [0.5, 0.6) is 0 Å². The summed E-state index contributed by atoms with van der Waals surface area (Å²) in [7, 11) is 0. The monoisotopic (exact) mass is 324 g/mol. The molecule has 1 aromatic carbocycles. The first-order chi connectivity index (χ1) is 11.4. The third-order valence-corrected chi connectivity index (χ3v) is 4.14. The molecular weight excluding hydrogens is 304 g/mol. The Bertz CT molecular complexity index is 984. The molecule has 0 radical (unpaired) electrons. The van der Waals surface area contributed by atoms with Crippen LogP contribution in [-0.2, 0) is 4.79 Å². The minimum atomic E-state index is -0.662. The minimum absolute atomic E-state index is 0.229. The van der Waals surface area contributed by atoms with Gasteiger partial charge in [-0.25, -0.2) is 4.98 Å². The molecule has 0 aliphatic carbocycles. The summed E-state index contributed by atoms with van der Waals surface area (Å²) in [6.45, 7) is 7.49. The summed E-state index contributed by atoms with van der Waals surface area (Å²) < 4.78 is 1.36. The van der Waals surface area contributed by atoms with Crippen molar-refractivity contribution < 1.29 is 4.79 Å². The lowest BCUT2D eigenvalue weighted by Crippen LogP contribution is -2.31. The Morgan fingerprint density at radius 1 is 1.25 bits per heavy atom. The molecule has 24 heavy (non-hydrogen) atoms.